The maximum absolute atomic E-state index is 13.3. The minimum absolute atomic E-state index is 0.00161. The molecule has 3 aromatic rings. The lowest BCUT2D eigenvalue weighted by atomic mass is 10.1. The van der Waals surface area contributed by atoms with E-state index in [1.807, 2.05) is 56.3 Å². The van der Waals surface area contributed by atoms with Crippen LogP contribution in [0, 0.1) is 0 Å². The molecule has 1 saturated heterocycles. The zero-order valence-electron chi connectivity index (χ0n) is 20.4. The smallest absolute Gasteiger partial charge is 0.256 e. The van der Waals surface area contributed by atoms with Gasteiger partial charge in [0.2, 0.25) is 5.91 Å². The zero-order chi connectivity index (χ0) is 25.7. The van der Waals surface area contributed by atoms with Gasteiger partial charge in [-0.15, -0.1) is 10.2 Å². The molecular weight excluding hydrogens is 497 g/mol. The van der Waals surface area contributed by atoms with Gasteiger partial charge < -0.3 is 14.7 Å². The third-order valence-electron chi connectivity index (χ3n) is 6.53. The van der Waals surface area contributed by atoms with E-state index in [2.05, 4.69) is 15.1 Å². The molecule has 7 nitrogen and oxygen atoms in total. The van der Waals surface area contributed by atoms with Crippen LogP contribution in [-0.4, -0.2) is 70.6 Å². The van der Waals surface area contributed by atoms with Gasteiger partial charge in [0.15, 0.2) is 5.82 Å². The summed E-state index contributed by atoms with van der Waals surface area (Å²) in [5.41, 5.74) is 2.19. The van der Waals surface area contributed by atoms with E-state index in [1.54, 1.807) is 28.0 Å². The van der Waals surface area contributed by atoms with Gasteiger partial charge in [0.05, 0.1) is 16.3 Å². The first-order valence-corrected chi connectivity index (χ1v) is 12.8. The van der Waals surface area contributed by atoms with Crippen molar-refractivity contribution >= 4 is 40.8 Å². The molecule has 9 heteroatoms. The van der Waals surface area contributed by atoms with Crippen molar-refractivity contribution < 1.29 is 9.59 Å². The van der Waals surface area contributed by atoms with Crippen LogP contribution >= 0.6 is 23.2 Å². The fraction of sp³-hybridized carbons (Fsp3) is 0.333. The summed E-state index contributed by atoms with van der Waals surface area (Å²) >= 11 is 12.3. The van der Waals surface area contributed by atoms with E-state index in [4.69, 9.17) is 23.2 Å². The standard InChI is InChI=1S/C27H29Cl2N5O2/c1-3-19(2)34(27(36)22-10-9-21(28)17-23(22)29)18-26(35)33-15-13-32(14-16-33)25-12-11-24(30-31-25)20-7-5-4-6-8-20/h4-12,17,19H,3,13-16,18H2,1-2H3/t19-/m1/s1. The van der Waals surface area contributed by atoms with Crippen molar-refractivity contribution in [2.45, 2.75) is 26.3 Å². The molecule has 1 atom stereocenters. The second kappa shape index (κ2) is 11.7. The predicted molar refractivity (Wildman–Crippen MR) is 144 cm³/mol. The van der Waals surface area contributed by atoms with Crippen molar-refractivity contribution in [3.63, 3.8) is 0 Å². The van der Waals surface area contributed by atoms with E-state index in [9.17, 15) is 9.59 Å². The van der Waals surface area contributed by atoms with Gasteiger partial charge in [0, 0.05) is 42.8 Å². The van der Waals surface area contributed by atoms with Gasteiger partial charge in [-0.3, -0.25) is 9.59 Å². The lowest BCUT2D eigenvalue weighted by Crippen LogP contribution is -2.53. The number of piperazine rings is 1. The number of halogens is 2. The number of carbonyl (C=O) groups excluding carboxylic acids is 2. The lowest BCUT2D eigenvalue weighted by molar-refractivity contribution is -0.132. The van der Waals surface area contributed by atoms with Crippen molar-refractivity contribution in [1.82, 2.24) is 20.0 Å². The molecule has 0 unspecified atom stereocenters. The number of nitrogens with zero attached hydrogens (tertiary/aromatic N) is 5. The molecule has 0 saturated carbocycles. The van der Waals surface area contributed by atoms with E-state index < -0.39 is 0 Å². The Morgan fingerprint density at radius 3 is 2.31 bits per heavy atom. The molecule has 1 fully saturated rings. The molecule has 0 bridgehead atoms. The van der Waals surface area contributed by atoms with Crippen molar-refractivity contribution in [3.05, 3.63) is 76.3 Å². The van der Waals surface area contributed by atoms with Crippen LogP contribution in [0.4, 0.5) is 5.82 Å². The van der Waals surface area contributed by atoms with Crippen molar-refractivity contribution in [3.8, 4) is 11.3 Å². The molecule has 0 N–H and O–H groups in total. The van der Waals surface area contributed by atoms with E-state index in [1.165, 1.54) is 0 Å². The maximum Gasteiger partial charge on any atom is 0.256 e. The van der Waals surface area contributed by atoms with Crippen LogP contribution in [0.5, 0.6) is 0 Å². The SMILES string of the molecule is CC[C@@H](C)N(CC(=O)N1CCN(c2ccc(-c3ccccc3)nn2)CC1)C(=O)c1ccc(Cl)cc1Cl. The summed E-state index contributed by atoms with van der Waals surface area (Å²) in [5.74, 6) is 0.432. The zero-order valence-corrected chi connectivity index (χ0v) is 21.9. The van der Waals surface area contributed by atoms with Crippen LogP contribution in [0.3, 0.4) is 0 Å². The van der Waals surface area contributed by atoms with Gasteiger partial charge in [0.25, 0.3) is 5.91 Å². The van der Waals surface area contributed by atoms with Gasteiger partial charge in [0.1, 0.15) is 6.54 Å². The first-order valence-electron chi connectivity index (χ1n) is 12.0. The van der Waals surface area contributed by atoms with Gasteiger partial charge >= 0.3 is 0 Å². The summed E-state index contributed by atoms with van der Waals surface area (Å²) in [4.78, 5) is 32.0. The van der Waals surface area contributed by atoms with Gasteiger partial charge in [-0.25, -0.2) is 0 Å². The Morgan fingerprint density at radius 1 is 0.972 bits per heavy atom. The Bertz CT molecular complexity index is 1200. The average Bonchev–Trinajstić information content (AvgIpc) is 2.91. The van der Waals surface area contributed by atoms with Gasteiger partial charge in [-0.05, 0) is 43.7 Å². The number of amides is 2. The molecule has 2 aromatic carbocycles. The highest BCUT2D eigenvalue weighted by Crippen LogP contribution is 2.24. The second-order valence-corrected chi connectivity index (χ2v) is 9.67. The fourth-order valence-corrected chi connectivity index (χ4v) is 4.64. The highest BCUT2D eigenvalue weighted by atomic mass is 35.5. The molecule has 4 rings (SSSR count). The van der Waals surface area contributed by atoms with Crippen LogP contribution in [0.2, 0.25) is 10.0 Å². The molecule has 36 heavy (non-hydrogen) atoms. The van der Waals surface area contributed by atoms with Crippen LogP contribution < -0.4 is 4.90 Å². The first kappa shape index (κ1) is 25.9. The largest absolute Gasteiger partial charge is 0.352 e. The molecule has 0 radical (unpaired) electrons. The van der Waals surface area contributed by atoms with E-state index in [-0.39, 0.29) is 29.4 Å². The van der Waals surface area contributed by atoms with Crippen LogP contribution in [0.25, 0.3) is 11.3 Å². The second-order valence-electron chi connectivity index (χ2n) is 8.83. The number of anilines is 1. The number of benzene rings is 2. The number of hydrogen-bond donors (Lipinski definition) is 0. The van der Waals surface area contributed by atoms with E-state index in [0.29, 0.717) is 36.8 Å². The summed E-state index contributed by atoms with van der Waals surface area (Å²) in [6.45, 7) is 6.30. The van der Waals surface area contributed by atoms with Crippen molar-refractivity contribution in [2.24, 2.45) is 0 Å². The van der Waals surface area contributed by atoms with Crippen LogP contribution in [0.1, 0.15) is 30.6 Å². The molecule has 0 aliphatic carbocycles. The molecule has 2 amide bonds. The highest BCUT2D eigenvalue weighted by molar-refractivity contribution is 6.36. The molecule has 1 aliphatic rings. The Balaban J connectivity index is 1.38. The molecule has 1 aromatic heterocycles. The fourth-order valence-electron chi connectivity index (χ4n) is 4.15. The highest BCUT2D eigenvalue weighted by Gasteiger charge is 2.29. The van der Waals surface area contributed by atoms with Gasteiger partial charge in [-0.2, -0.15) is 0 Å². The number of carbonyl (C=O) groups is 2. The Hall–Kier alpha value is -3.16. The lowest BCUT2D eigenvalue weighted by Gasteiger charge is -2.37. The minimum Gasteiger partial charge on any atom is -0.352 e. The number of rotatable bonds is 7. The third kappa shape index (κ3) is 5.97. The van der Waals surface area contributed by atoms with Crippen molar-refractivity contribution in [2.75, 3.05) is 37.6 Å². The normalized spacial score (nSPS) is 14.4. The predicted octanol–water partition coefficient (Wildman–Crippen LogP) is 5.04. The monoisotopic (exact) mass is 525 g/mol. The topological polar surface area (TPSA) is 69.6 Å². The Kier molecular flexibility index (Phi) is 8.44. The number of hydrogen-bond acceptors (Lipinski definition) is 5. The summed E-state index contributed by atoms with van der Waals surface area (Å²) in [7, 11) is 0. The average molecular weight is 526 g/mol. The van der Waals surface area contributed by atoms with Crippen molar-refractivity contribution in [1.29, 1.82) is 0 Å². The third-order valence-corrected chi connectivity index (χ3v) is 7.08. The quantitative estimate of drug-likeness (QED) is 0.432. The van der Waals surface area contributed by atoms with E-state index >= 15 is 0 Å². The van der Waals surface area contributed by atoms with Crippen LogP contribution in [0.15, 0.2) is 60.7 Å². The van der Waals surface area contributed by atoms with E-state index in [0.717, 1.165) is 23.5 Å². The summed E-state index contributed by atoms with van der Waals surface area (Å²) in [5, 5.41) is 9.51. The molecular formula is C27H29Cl2N5O2. The first-order chi connectivity index (χ1) is 17.4. The maximum atomic E-state index is 13.3. The molecule has 188 valence electrons. The molecule has 0 spiro atoms. The van der Waals surface area contributed by atoms with Gasteiger partial charge in [-0.1, -0.05) is 60.5 Å². The summed E-state index contributed by atoms with van der Waals surface area (Å²) in [6, 6.07) is 18.5. The molecule has 2 heterocycles. The number of aromatic nitrogens is 2. The Labute approximate surface area is 221 Å². The summed E-state index contributed by atoms with van der Waals surface area (Å²) in [6.07, 6.45) is 0.718. The Morgan fingerprint density at radius 2 is 1.69 bits per heavy atom. The minimum atomic E-state index is -0.271. The summed E-state index contributed by atoms with van der Waals surface area (Å²) < 4.78 is 0. The van der Waals surface area contributed by atoms with Crippen LogP contribution in [-0.2, 0) is 4.79 Å². The molecule has 1 aliphatic heterocycles.